The summed E-state index contributed by atoms with van der Waals surface area (Å²) in [5, 5.41) is 0. The Morgan fingerprint density at radius 3 is 1.97 bits per heavy atom. The van der Waals surface area contributed by atoms with Crippen LogP contribution in [-0.2, 0) is 14.8 Å². The fourth-order valence-corrected chi connectivity index (χ4v) is 6.47. The summed E-state index contributed by atoms with van der Waals surface area (Å²) in [4.78, 5) is 15.2. The molecule has 3 aromatic carbocycles. The summed E-state index contributed by atoms with van der Waals surface area (Å²) in [6.07, 6.45) is 0.903. The number of piperidine rings is 1. The highest BCUT2D eigenvalue weighted by Gasteiger charge is 2.50. The molecule has 0 aromatic heterocycles. The van der Waals surface area contributed by atoms with Crippen molar-refractivity contribution in [3.63, 3.8) is 0 Å². The Labute approximate surface area is 194 Å². The zero-order chi connectivity index (χ0) is 22.9. The van der Waals surface area contributed by atoms with E-state index in [0.717, 1.165) is 11.1 Å². The largest absolute Gasteiger partial charge is 0.358 e. The number of hydrogen-bond acceptors (Lipinski definition) is 4. The predicted octanol–water partition coefficient (Wildman–Crippen LogP) is 4.01. The Kier molecular flexibility index (Phi) is 5.78. The molecule has 2 aliphatic heterocycles. The van der Waals surface area contributed by atoms with E-state index in [-0.39, 0.29) is 10.8 Å². The molecule has 0 unspecified atom stereocenters. The van der Waals surface area contributed by atoms with E-state index in [2.05, 4.69) is 0 Å². The van der Waals surface area contributed by atoms with Crippen molar-refractivity contribution in [3.05, 3.63) is 90.5 Å². The summed E-state index contributed by atoms with van der Waals surface area (Å²) in [5.74, 6) is -0.0417. The van der Waals surface area contributed by atoms with Crippen LogP contribution < -0.4 is 0 Å². The van der Waals surface area contributed by atoms with Gasteiger partial charge in [-0.25, -0.2) is 8.42 Å². The maximum atomic E-state index is 13.3. The zero-order valence-corrected chi connectivity index (χ0v) is 19.1. The molecule has 0 N–H and O–H groups in total. The Hall–Kier alpha value is -3.00. The molecule has 1 amide bonds. The molecule has 0 saturated carbocycles. The molecule has 1 spiro atoms. The third kappa shape index (κ3) is 4.08. The van der Waals surface area contributed by atoms with Gasteiger partial charge < -0.3 is 9.64 Å². The van der Waals surface area contributed by atoms with Crippen molar-refractivity contribution in [2.24, 2.45) is 0 Å². The lowest BCUT2D eigenvalue weighted by Crippen LogP contribution is -2.55. The maximum Gasteiger partial charge on any atom is 0.253 e. The molecule has 170 valence electrons. The molecular formula is C26H26N2O4S. The van der Waals surface area contributed by atoms with Gasteiger partial charge >= 0.3 is 0 Å². The lowest BCUT2D eigenvalue weighted by Gasteiger charge is -2.42. The van der Waals surface area contributed by atoms with Crippen molar-refractivity contribution in [1.29, 1.82) is 0 Å². The van der Waals surface area contributed by atoms with E-state index >= 15 is 0 Å². The third-order valence-electron chi connectivity index (χ3n) is 6.52. The smallest absolute Gasteiger partial charge is 0.253 e. The summed E-state index contributed by atoms with van der Waals surface area (Å²) < 4.78 is 34.0. The first kappa shape index (κ1) is 21.8. The summed E-state index contributed by atoms with van der Waals surface area (Å²) in [6.45, 7) is 1.58. The predicted molar refractivity (Wildman–Crippen MR) is 126 cm³/mol. The molecule has 2 heterocycles. The number of ether oxygens (including phenoxy) is 1. The van der Waals surface area contributed by atoms with Crippen molar-refractivity contribution < 1.29 is 17.9 Å². The molecule has 2 aliphatic rings. The van der Waals surface area contributed by atoms with Gasteiger partial charge in [0.1, 0.15) is 5.72 Å². The van der Waals surface area contributed by atoms with Crippen LogP contribution in [0.4, 0.5) is 0 Å². The fourth-order valence-electron chi connectivity index (χ4n) is 4.72. The molecule has 6 nitrogen and oxygen atoms in total. The Morgan fingerprint density at radius 2 is 1.33 bits per heavy atom. The summed E-state index contributed by atoms with van der Waals surface area (Å²) >= 11 is 0. The summed E-state index contributed by atoms with van der Waals surface area (Å²) in [5.41, 5.74) is 1.91. The molecular weight excluding hydrogens is 436 g/mol. The number of nitrogens with zero attached hydrogens (tertiary/aromatic N) is 2. The van der Waals surface area contributed by atoms with Gasteiger partial charge in [0.05, 0.1) is 11.5 Å². The second-order valence-corrected chi connectivity index (χ2v) is 10.3. The van der Waals surface area contributed by atoms with Crippen LogP contribution >= 0.6 is 0 Å². The van der Waals surface area contributed by atoms with Crippen LogP contribution in [0.25, 0.3) is 11.1 Å². The lowest BCUT2D eigenvalue weighted by atomic mass is 9.99. The maximum absolute atomic E-state index is 13.3. The molecule has 2 saturated heterocycles. The van der Waals surface area contributed by atoms with E-state index < -0.39 is 15.7 Å². The van der Waals surface area contributed by atoms with E-state index in [0.29, 0.717) is 44.6 Å². The van der Waals surface area contributed by atoms with Gasteiger partial charge in [0.2, 0.25) is 10.0 Å². The minimum atomic E-state index is -3.66. The number of likely N-dealkylation sites (tertiary alicyclic amines) is 1. The van der Waals surface area contributed by atoms with E-state index in [1.54, 1.807) is 35.2 Å². The number of hydrogen-bond donors (Lipinski definition) is 0. The van der Waals surface area contributed by atoms with Gasteiger partial charge in [-0.05, 0) is 35.4 Å². The number of carbonyl (C=O) groups is 1. The molecule has 0 aliphatic carbocycles. The molecule has 0 atom stereocenters. The average molecular weight is 463 g/mol. The average Bonchev–Trinajstić information content (AvgIpc) is 3.29. The van der Waals surface area contributed by atoms with Crippen LogP contribution in [0, 0.1) is 0 Å². The Bertz CT molecular complexity index is 1220. The zero-order valence-electron chi connectivity index (χ0n) is 18.3. The van der Waals surface area contributed by atoms with Crippen molar-refractivity contribution in [3.8, 4) is 11.1 Å². The molecule has 3 aromatic rings. The minimum Gasteiger partial charge on any atom is -0.358 e. The van der Waals surface area contributed by atoms with Crippen molar-refractivity contribution in [2.75, 3.05) is 26.2 Å². The van der Waals surface area contributed by atoms with Crippen LogP contribution in [0.5, 0.6) is 0 Å². The monoisotopic (exact) mass is 462 g/mol. The Balaban J connectivity index is 1.29. The number of benzene rings is 3. The normalized spacial score (nSPS) is 18.5. The summed E-state index contributed by atoms with van der Waals surface area (Å²) in [7, 11) is -3.66. The highest BCUT2D eigenvalue weighted by atomic mass is 32.2. The first-order chi connectivity index (χ1) is 16.0. The second-order valence-electron chi connectivity index (χ2n) is 8.42. The van der Waals surface area contributed by atoms with Gasteiger partial charge in [0.25, 0.3) is 5.91 Å². The van der Waals surface area contributed by atoms with Gasteiger partial charge in [-0.1, -0.05) is 60.7 Å². The SMILES string of the molecule is O=C(c1ccc(-c2ccccc2)cc1)N1CCC2(CC1)OCCN2S(=O)(=O)c1ccccc1. The molecule has 5 rings (SSSR count). The van der Waals surface area contributed by atoms with Gasteiger partial charge in [-0.2, -0.15) is 4.31 Å². The van der Waals surface area contributed by atoms with Gasteiger partial charge in [0, 0.05) is 38.0 Å². The highest BCUT2D eigenvalue weighted by molar-refractivity contribution is 7.89. The summed E-state index contributed by atoms with van der Waals surface area (Å²) in [6, 6.07) is 26.1. The van der Waals surface area contributed by atoms with Crippen molar-refractivity contribution in [2.45, 2.75) is 23.5 Å². The first-order valence-electron chi connectivity index (χ1n) is 11.2. The molecule has 7 heteroatoms. The molecule has 0 bridgehead atoms. The van der Waals surface area contributed by atoms with E-state index in [9.17, 15) is 13.2 Å². The van der Waals surface area contributed by atoms with Gasteiger partial charge in [-0.15, -0.1) is 0 Å². The second kappa shape index (κ2) is 8.74. The first-order valence-corrected chi connectivity index (χ1v) is 12.6. The number of rotatable bonds is 4. The minimum absolute atomic E-state index is 0.0417. The van der Waals surface area contributed by atoms with Crippen molar-refractivity contribution >= 4 is 15.9 Å². The van der Waals surface area contributed by atoms with E-state index in [1.807, 2.05) is 54.6 Å². The van der Waals surface area contributed by atoms with Crippen molar-refractivity contribution in [1.82, 2.24) is 9.21 Å². The lowest BCUT2D eigenvalue weighted by molar-refractivity contribution is -0.0857. The van der Waals surface area contributed by atoms with Crippen LogP contribution in [0.3, 0.4) is 0 Å². The molecule has 2 fully saturated rings. The fraction of sp³-hybridized carbons (Fsp3) is 0.269. The quantitative estimate of drug-likeness (QED) is 0.588. The van der Waals surface area contributed by atoms with E-state index in [1.165, 1.54) is 4.31 Å². The van der Waals surface area contributed by atoms with Crippen LogP contribution in [0.15, 0.2) is 89.8 Å². The number of amides is 1. The number of carbonyl (C=O) groups excluding carboxylic acids is 1. The molecule has 33 heavy (non-hydrogen) atoms. The highest BCUT2D eigenvalue weighted by Crippen LogP contribution is 2.38. The van der Waals surface area contributed by atoms with Gasteiger partial charge in [-0.3, -0.25) is 4.79 Å². The van der Waals surface area contributed by atoms with Crippen LogP contribution in [0.1, 0.15) is 23.2 Å². The topological polar surface area (TPSA) is 66.9 Å². The number of sulfonamides is 1. The van der Waals surface area contributed by atoms with Crippen LogP contribution in [-0.4, -0.2) is 55.5 Å². The third-order valence-corrected chi connectivity index (χ3v) is 8.49. The van der Waals surface area contributed by atoms with E-state index in [4.69, 9.17) is 4.74 Å². The van der Waals surface area contributed by atoms with Crippen LogP contribution in [0.2, 0.25) is 0 Å². The standard InChI is InChI=1S/C26H26N2O4S/c29-25(23-13-11-22(12-14-23)21-7-3-1-4-8-21)27-17-15-26(16-18-27)28(19-20-32-26)33(30,31)24-9-5-2-6-10-24/h1-14H,15-20H2. The Morgan fingerprint density at radius 1 is 0.758 bits per heavy atom. The molecule has 0 radical (unpaired) electrons. The van der Waals surface area contributed by atoms with Gasteiger partial charge in [0.15, 0.2) is 0 Å².